The van der Waals surface area contributed by atoms with Crippen LogP contribution in [0.1, 0.15) is 59.3 Å². The third-order valence-corrected chi connectivity index (χ3v) is 5.37. The lowest BCUT2D eigenvalue weighted by Gasteiger charge is -2.30. The van der Waals surface area contributed by atoms with Gasteiger partial charge in [-0.05, 0) is 50.1 Å². The third kappa shape index (κ3) is 4.46. The molecule has 1 heterocycles. The molecule has 0 aromatic rings. The summed E-state index contributed by atoms with van der Waals surface area (Å²) in [6.07, 6.45) is 8.61. The predicted molar refractivity (Wildman–Crippen MR) is 83.4 cm³/mol. The maximum atomic E-state index is 3.76. The zero-order chi connectivity index (χ0) is 13.7. The average molecular weight is 266 g/mol. The van der Waals surface area contributed by atoms with E-state index >= 15 is 0 Å². The Balaban J connectivity index is 1.85. The van der Waals surface area contributed by atoms with E-state index in [9.17, 15) is 0 Å². The Labute approximate surface area is 120 Å². The molecular weight excluding hydrogens is 232 g/mol. The van der Waals surface area contributed by atoms with Crippen LogP contribution in [0.25, 0.3) is 0 Å². The standard InChI is InChI=1S/C17H34N2/c1-4-18-17-9-7-5-6-8-16(17)13-19-11-10-15(12-19)14(2)3/h14-18H,4-13H2,1-3H3. The molecule has 0 aromatic carbocycles. The lowest BCUT2D eigenvalue weighted by molar-refractivity contribution is 0.215. The molecule has 0 radical (unpaired) electrons. The van der Waals surface area contributed by atoms with Crippen molar-refractivity contribution in [2.24, 2.45) is 17.8 Å². The number of nitrogens with zero attached hydrogens (tertiary/aromatic N) is 1. The molecule has 0 aromatic heterocycles. The molecule has 2 heteroatoms. The Bertz CT molecular complexity index is 252. The first-order valence-corrected chi connectivity index (χ1v) is 8.66. The number of nitrogens with one attached hydrogen (secondary N) is 1. The van der Waals surface area contributed by atoms with Crippen LogP contribution in [0, 0.1) is 17.8 Å². The van der Waals surface area contributed by atoms with Crippen LogP contribution in [-0.2, 0) is 0 Å². The molecule has 2 aliphatic rings. The third-order valence-electron chi connectivity index (χ3n) is 5.37. The second-order valence-electron chi connectivity index (χ2n) is 7.11. The Morgan fingerprint density at radius 3 is 2.58 bits per heavy atom. The summed E-state index contributed by atoms with van der Waals surface area (Å²) in [5.41, 5.74) is 0. The molecule has 1 saturated carbocycles. The first kappa shape index (κ1) is 15.3. The molecule has 0 bridgehead atoms. The molecule has 0 spiro atoms. The predicted octanol–water partition coefficient (Wildman–Crippen LogP) is 3.52. The first-order chi connectivity index (χ1) is 9.20. The van der Waals surface area contributed by atoms with Gasteiger partial charge < -0.3 is 10.2 Å². The lowest BCUT2D eigenvalue weighted by Crippen LogP contribution is -2.41. The van der Waals surface area contributed by atoms with Gasteiger partial charge in [-0.15, -0.1) is 0 Å². The van der Waals surface area contributed by atoms with Gasteiger partial charge in [0.05, 0.1) is 0 Å². The van der Waals surface area contributed by atoms with Crippen LogP contribution >= 0.6 is 0 Å². The number of likely N-dealkylation sites (tertiary alicyclic amines) is 1. The van der Waals surface area contributed by atoms with E-state index in [0.717, 1.165) is 30.3 Å². The van der Waals surface area contributed by atoms with Crippen molar-refractivity contribution < 1.29 is 0 Å². The van der Waals surface area contributed by atoms with Crippen molar-refractivity contribution >= 4 is 0 Å². The molecule has 2 nitrogen and oxygen atoms in total. The molecule has 112 valence electrons. The molecular formula is C17H34N2. The molecule has 19 heavy (non-hydrogen) atoms. The summed E-state index contributed by atoms with van der Waals surface area (Å²) in [5.74, 6) is 2.71. The van der Waals surface area contributed by atoms with Crippen molar-refractivity contribution in [1.29, 1.82) is 0 Å². The zero-order valence-electron chi connectivity index (χ0n) is 13.3. The van der Waals surface area contributed by atoms with E-state index < -0.39 is 0 Å². The number of hydrogen-bond donors (Lipinski definition) is 1. The topological polar surface area (TPSA) is 15.3 Å². The number of rotatable bonds is 5. The summed E-state index contributed by atoms with van der Waals surface area (Å²) in [7, 11) is 0. The van der Waals surface area contributed by atoms with E-state index in [-0.39, 0.29) is 0 Å². The van der Waals surface area contributed by atoms with Crippen LogP contribution in [0.2, 0.25) is 0 Å². The van der Waals surface area contributed by atoms with Gasteiger partial charge in [0.2, 0.25) is 0 Å². The molecule has 3 unspecified atom stereocenters. The average Bonchev–Trinajstić information content (AvgIpc) is 2.74. The quantitative estimate of drug-likeness (QED) is 0.766. The van der Waals surface area contributed by atoms with Crippen molar-refractivity contribution in [3.8, 4) is 0 Å². The highest BCUT2D eigenvalue weighted by Crippen LogP contribution is 2.28. The SMILES string of the molecule is CCNC1CCCCCC1CN1CCC(C(C)C)C1. The number of hydrogen-bond acceptors (Lipinski definition) is 2. The van der Waals surface area contributed by atoms with Crippen molar-refractivity contribution in [3.05, 3.63) is 0 Å². The minimum atomic E-state index is 0.783. The lowest BCUT2D eigenvalue weighted by atomic mass is 9.93. The normalized spacial score (nSPS) is 33.8. The molecule has 2 fully saturated rings. The Hall–Kier alpha value is -0.0800. The molecule has 1 aliphatic carbocycles. The van der Waals surface area contributed by atoms with Gasteiger partial charge in [-0.1, -0.05) is 40.0 Å². The van der Waals surface area contributed by atoms with E-state index in [1.54, 1.807) is 0 Å². The van der Waals surface area contributed by atoms with Gasteiger partial charge in [0.15, 0.2) is 0 Å². The van der Waals surface area contributed by atoms with Crippen molar-refractivity contribution in [2.45, 2.75) is 65.3 Å². The molecule has 3 atom stereocenters. The summed E-state index contributed by atoms with van der Waals surface area (Å²) in [6.45, 7) is 12.2. The van der Waals surface area contributed by atoms with E-state index in [1.807, 2.05) is 0 Å². The van der Waals surface area contributed by atoms with Gasteiger partial charge in [0.25, 0.3) is 0 Å². The van der Waals surface area contributed by atoms with E-state index in [1.165, 1.54) is 58.2 Å². The van der Waals surface area contributed by atoms with Gasteiger partial charge in [-0.2, -0.15) is 0 Å². The highest BCUT2D eigenvalue weighted by molar-refractivity contribution is 4.85. The zero-order valence-corrected chi connectivity index (χ0v) is 13.3. The summed E-state index contributed by atoms with van der Waals surface area (Å²) < 4.78 is 0. The van der Waals surface area contributed by atoms with E-state index in [2.05, 4.69) is 31.0 Å². The van der Waals surface area contributed by atoms with Crippen molar-refractivity contribution in [1.82, 2.24) is 10.2 Å². The molecule has 1 aliphatic heterocycles. The summed E-state index contributed by atoms with van der Waals surface area (Å²) in [5, 5.41) is 3.76. The van der Waals surface area contributed by atoms with Gasteiger partial charge in [-0.25, -0.2) is 0 Å². The van der Waals surface area contributed by atoms with Crippen LogP contribution in [0.4, 0.5) is 0 Å². The highest BCUT2D eigenvalue weighted by Gasteiger charge is 2.29. The minimum absolute atomic E-state index is 0.783. The van der Waals surface area contributed by atoms with E-state index in [0.29, 0.717) is 0 Å². The first-order valence-electron chi connectivity index (χ1n) is 8.66. The van der Waals surface area contributed by atoms with Crippen molar-refractivity contribution in [2.75, 3.05) is 26.2 Å². The fourth-order valence-electron chi connectivity index (χ4n) is 4.04. The van der Waals surface area contributed by atoms with Gasteiger partial charge in [-0.3, -0.25) is 0 Å². The largest absolute Gasteiger partial charge is 0.314 e. The molecule has 0 amide bonds. The molecule has 2 rings (SSSR count). The van der Waals surface area contributed by atoms with Crippen LogP contribution in [0.15, 0.2) is 0 Å². The van der Waals surface area contributed by atoms with Crippen LogP contribution in [0.3, 0.4) is 0 Å². The fraction of sp³-hybridized carbons (Fsp3) is 1.00. The minimum Gasteiger partial charge on any atom is -0.314 e. The maximum absolute atomic E-state index is 3.76. The smallest absolute Gasteiger partial charge is 0.0107 e. The summed E-state index contributed by atoms with van der Waals surface area (Å²) in [6, 6.07) is 0.783. The second-order valence-corrected chi connectivity index (χ2v) is 7.11. The van der Waals surface area contributed by atoms with Crippen molar-refractivity contribution in [3.63, 3.8) is 0 Å². The summed E-state index contributed by atoms with van der Waals surface area (Å²) >= 11 is 0. The monoisotopic (exact) mass is 266 g/mol. The Morgan fingerprint density at radius 2 is 1.89 bits per heavy atom. The Kier molecular flexibility index (Phi) is 6.15. The molecule has 1 saturated heterocycles. The highest BCUT2D eigenvalue weighted by atomic mass is 15.2. The fourth-order valence-corrected chi connectivity index (χ4v) is 4.04. The molecule has 1 N–H and O–H groups in total. The van der Waals surface area contributed by atoms with Crippen LogP contribution < -0.4 is 5.32 Å². The van der Waals surface area contributed by atoms with Gasteiger partial charge in [0.1, 0.15) is 0 Å². The van der Waals surface area contributed by atoms with E-state index in [4.69, 9.17) is 0 Å². The summed E-state index contributed by atoms with van der Waals surface area (Å²) in [4.78, 5) is 2.75. The second kappa shape index (κ2) is 7.64. The van der Waals surface area contributed by atoms with Crippen LogP contribution in [0.5, 0.6) is 0 Å². The Morgan fingerprint density at radius 1 is 1.11 bits per heavy atom. The van der Waals surface area contributed by atoms with Gasteiger partial charge in [0, 0.05) is 19.1 Å². The van der Waals surface area contributed by atoms with Crippen LogP contribution in [-0.4, -0.2) is 37.1 Å². The van der Waals surface area contributed by atoms with Gasteiger partial charge >= 0.3 is 0 Å². The maximum Gasteiger partial charge on any atom is 0.0107 e.